The second-order valence-corrected chi connectivity index (χ2v) is 7.26. The Morgan fingerprint density at radius 2 is 2.23 bits per heavy atom. The van der Waals surface area contributed by atoms with Crippen molar-refractivity contribution in [3.8, 4) is 0 Å². The van der Waals surface area contributed by atoms with E-state index >= 15 is 0 Å². The number of rotatable bonds is 1. The number of quaternary nitrogens is 1. The van der Waals surface area contributed by atoms with Crippen LogP contribution in [-0.2, 0) is 10.2 Å². The van der Waals surface area contributed by atoms with Gasteiger partial charge in [-0.1, -0.05) is 19.1 Å². The normalized spacial score (nSPS) is 37.7. The number of likely N-dealkylation sites (tertiary alicyclic amines) is 1. The fourth-order valence-electron chi connectivity index (χ4n) is 4.40. The van der Waals surface area contributed by atoms with Crippen LogP contribution in [-0.4, -0.2) is 49.1 Å². The Labute approximate surface area is 131 Å². The second-order valence-electron chi connectivity index (χ2n) is 7.26. The topological polar surface area (TPSA) is 52.6 Å². The fourth-order valence-corrected chi connectivity index (χ4v) is 4.40. The third kappa shape index (κ3) is 1.67. The van der Waals surface area contributed by atoms with Crippen LogP contribution in [0.25, 0.3) is 0 Å². The van der Waals surface area contributed by atoms with Gasteiger partial charge < -0.3 is 4.90 Å². The molecule has 0 spiro atoms. The van der Waals surface area contributed by atoms with Crippen molar-refractivity contribution in [2.75, 3.05) is 32.1 Å². The molecule has 1 amide bonds. The third-order valence-electron chi connectivity index (χ3n) is 5.81. The van der Waals surface area contributed by atoms with Crippen LogP contribution in [0.4, 0.5) is 5.69 Å². The summed E-state index contributed by atoms with van der Waals surface area (Å²) in [5, 5.41) is 13.7. The average molecular weight is 301 g/mol. The molecule has 3 aliphatic heterocycles. The first-order valence-electron chi connectivity index (χ1n) is 7.95. The number of hydroxylamine groups is 3. The number of fused-ring (bicyclic) bond motifs is 3. The van der Waals surface area contributed by atoms with Gasteiger partial charge in [0.1, 0.15) is 19.5 Å². The summed E-state index contributed by atoms with van der Waals surface area (Å²) in [5.41, 5.74) is 3.64. The molecule has 22 heavy (non-hydrogen) atoms. The molecule has 0 saturated carbocycles. The highest BCUT2D eigenvalue weighted by atomic mass is 16.6. The minimum absolute atomic E-state index is 0.0969. The maximum atomic E-state index is 12.4. The molecule has 5 heteroatoms. The number of nitrogens with one attached hydrogen (secondary N) is 1. The van der Waals surface area contributed by atoms with Crippen molar-refractivity contribution in [2.45, 2.75) is 31.3 Å². The summed E-state index contributed by atoms with van der Waals surface area (Å²) in [5.74, 6) is 0.589. The zero-order valence-corrected chi connectivity index (χ0v) is 13.4. The largest absolute Gasteiger partial charge is 0.358 e. The molecule has 2 N–H and O–H groups in total. The zero-order valence-electron chi connectivity index (χ0n) is 13.4. The summed E-state index contributed by atoms with van der Waals surface area (Å²) in [4.78, 5) is 14.7. The van der Waals surface area contributed by atoms with Crippen LogP contribution in [0.15, 0.2) is 18.2 Å². The van der Waals surface area contributed by atoms with Crippen LogP contribution < -0.4 is 10.2 Å². The standard InChI is InChI=1S/C17H23N3O2/c1-17-7-8-18-16(17)19(2)14-5-4-11(10-13(14)17)12-6-9-20(3,22)15(12)21/h4-5,10,16,18,22H,6-9H2,1-3H3/q+1/t16?,17-,20+/m0/s1. The highest BCUT2D eigenvalue weighted by molar-refractivity contribution is 5.90. The Balaban J connectivity index is 1.76. The Kier molecular flexibility index (Phi) is 2.78. The fraction of sp³-hybridized carbons (Fsp3) is 0.529. The van der Waals surface area contributed by atoms with Crippen LogP contribution in [0.3, 0.4) is 0 Å². The smallest absolute Gasteiger partial charge is 0.357 e. The Hall–Kier alpha value is -1.43. The first-order valence-corrected chi connectivity index (χ1v) is 7.95. The molecule has 2 saturated heterocycles. The van der Waals surface area contributed by atoms with E-state index in [-0.39, 0.29) is 11.3 Å². The molecule has 1 aromatic rings. The molecular weight excluding hydrogens is 278 g/mol. The van der Waals surface area contributed by atoms with Crippen LogP contribution in [0.5, 0.6) is 0 Å². The van der Waals surface area contributed by atoms with E-state index in [1.54, 1.807) is 7.05 Å². The Bertz CT molecular complexity index is 657. The number of likely N-dealkylation sites (N-methyl/N-ethyl adjacent to an activating group) is 2. The summed E-state index contributed by atoms with van der Waals surface area (Å²) in [6.07, 6.45) is 2.08. The molecule has 3 atom stereocenters. The molecule has 0 aromatic heterocycles. The first kappa shape index (κ1) is 14.2. The van der Waals surface area contributed by atoms with Gasteiger partial charge in [0, 0.05) is 24.6 Å². The van der Waals surface area contributed by atoms with Gasteiger partial charge >= 0.3 is 5.91 Å². The van der Waals surface area contributed by atoms with Gasteiger partial charge in [-0.05, 0) is 30.2 Å². The Morgan fingerprint density at radius 3 is 2.91 bits per heavy atom. The lowest BCUT2D eigenvalue weighted by Gasteiger charge is -2.27. The average Bonchev–Trinajstić information content (AvgIpc) is 3.05. The highest BCUT2D eigenvalue weighted by Gasteiger charge is 2.51. The van der Waals surface area contributed by atoms with E-state index in [9.17, 15) is 10.0 Å². The highest BCUT2D eigenvalue weighted by Crippen LogP contribution is 2.49. The molecule has 1 radical (unpaired) electrons. The minimum atomic E-state index is -0.520. The van der Waals surface area contributed by atoms with E-state index in [4.69, 9.17) is 0 Å². The second kappa shape index (κ2) is 4.31. The van der Waals surface area contributed by atoms with Gasteiger partial charge in [-0.2, -0.15) is 0 Å². The number of nitrogens with zero attached hydrogens (tertiary/aromatic N) is 2. The maximum Gasteiger partial charge on any atom is 0.357 e. The van der Waals surface area contributed by atoms with Crippen LogP contribution in [0.1, 0.15) is 30.9 Å². The zero-order chi connectivity index (χ0) is 15.7. The van der Waals surface area contributed by atoms with Gasteiger partial charge in [0.15, 0.2) is 0 Å². The summed E-state index contributed by atoms with van der Waals surface area (Å²) in [6, 6.07) is 6.33. The van der Waals surface area contributed by atoms with E-state index < -0.39 is 4.65 Å². The molecule has 0 aliphatic carbocycles. The molecule has 5 nitrogen and oxygen atoms in total. The van der Waals surface area contributed by atoms with Crippen LogP contribution in [0, 0.1) is 5.92 Å². The lowest BCUT2D eigenvalue weighted by atomic mass is 9.80. The SMILES string of the molecule is CN1c2ccc([C]3CC[N@@+](C)(O)C3=O)cc2[C@]2(C)CCNC12. The van der Waals surface area contributed by atoms with Crippen molar-refractivity contribution in [3.63, 3.8) is 0 Å². The van der Waals surface area contributed by atoms with E-state index in [1.807, 2.05) is 6.07 Å². The number of anilines is 1. The van der Waals surface area contributed by atoms with Gasteiger partial charge in [-0.15, -0.1) is 4.65 Å². The third-order valence-corrected chi connectivity index (χ3v) is 5.81. The monoisotopic (exact) mass is 301 g/mol. The number of hydrogen-bond acceptors (Lipinski definition) is 4. The van der Waals surface area contributed by atoms with E-state index in [1.165, 1.54) is 11.3 Å². The van der Waals surface area contributed by atoms with Crippen molar-refractivity contribution in [1.29, 1.82) is 0 Å². The molecule has 0 bridgehead atoms. The maximum absolute atomic E-state index is 12.4. The number of carbonyl (C=O) groups excluding carboxylic acids is 1. The molecule has 1 aromatic carbocycles. The van der Waals surface area contributed by atoms with E-state index in [0.29, 0.717) is 19.1 Å². The molecule has 2 fully saturated rings. The summed E-state index contributed by atoms with van der Waals surface area (Å²) >= 11 is 0. The van der Waals surface area contributed by atoms with E-state index in [2.05, 4.69) is 36.3 Å². The summed E-state index contributed by atoms with van der Waals surface area (Å²) < 4.78 is -0.520. The van der Waals surface area contributed by atoms with Crippen molar-refractivity contribution < 1.29 is 14.6 Å². The Morgan fingerprint density at radius 1 is 1.45 bits per heavy atom. The number of benzene rings is 1. The van der Waals surface area contributed by atoms with Gasteiger partial charge in [0.2, 0.25) is 0 Å². The first-order chi connectivity index (χ1) is 10.3. The van der Waals surface area contributed by atoms with Crippen molar-refractivity contribution in [2.24, 2.45) is 0 Å². The van der Waals surface area contributed by atoms with Gasteiger partial charge in [0.05, 0.1) is 6.17 Å². The summed E-state index contributed by atoms with van der Waals surface area (Å²) in [7, 11) is 3.69. The number of amides is 1. The number of hydrogen-bond donors (Lipinski definition) is 2. The van der Waals surface area contributed by atoms with Gasteiger partial charge in [-0.25, -0.2) is 10.0 Å². The quantitative estimate of drug-likeness (QED) is 0.608. The minimum Gasteiger partial charge on any atom is -0.358 e. The van der Waals surface area contributed by atoms with E-state index in [0.717, 1.165) is 24.4 Å². The predicted octanol–water partition coefficient (Wildman–Crippen LogP) is 1.40. The lowest BCUT2D eigenvalue weighted by molar-refractivity contribution is -1.02. The predicted molar refractivity (Wildman–Crippen MR) is 83.4 cm³/mol. The van der Waals surface area contributed by atoms with Crippen molar-refractivity contribution in [1.82, 2.24) is 5.32 Å². The van der Waals surface area contributed by atoms with Gasteiger partial charge in [-0.3, -0.25) is 5.32 Å². The molecule has 3 heterocycles. The molecule has 4 rings (SSSR count). The molecule has 3 aliphatic rings. The lowest BCUT2D eigenvalue weighted by Crippen LogP contribution is -2.44. The summed E-state index contributed by atoms with van der Waals surface area (Å²) in [6.45, 7) is 3.79. The molecular formula is C17H23N3O2+. The van der Waals surface area contributed by atoms with Crippen LogP contribution in [0.2, 0.25) is 0 Å². The van der Waals surface area contributed by atoms with Crippen LogP contribution >= 0.6 is 0 Å². The van der Waals surface area contributed by atoms with Crippen molar-refractivity contribution in [3.05, 3.63) is 35.2 Å². The molecule has 1 unspecified atom stereocenters. The number of carbonyl (C=O) groups is 1. The van der Waals surface area contributed by atoms with Crippen molar-refractivity contribution >= 4 is 11.6 Å². The van der Waals surface area contributed by atoms with Gasteiger partial charge in [0.25, 0.3) is 0 Å². The molecule has 117 valence electrons.